The lowest BCUT2D eigenvalue weighted by molar-refractivity contribution is 0.420. The number of aliphatic hydroxyl groups is 2. The van der Waals surface area contributed by atoms with E-state index in [1.807, 2.05) is 0 Å². The van der Waals surface area contributed by atoms with Crippen LogP contribution in [0.4, 0.5) is 0 Å². The molecule has 3 nitrogen and oxygen atoms in total. The van der Waals surface area contributed by atoms with E-state index in [1.54, 1.807) is 36.4 Å². The Morgan fingerprint density at radius 1 is 1.12 bits per heavy atom. The molecule has 0 bridgehead atoms. The van der Waals surface area contributed by atoms with Crippen molar-refractivity contribution < 1.29 is 15.3 Å². The van der Waals surface area contributed by atoms with Gasteiger partial charge in [-0.05, 0) is 29.3 Å². The minimum atomic E-state index is -0.0761. The predicted molar refractivity (Wildman–Crippen MR) is 68.8 cm³/mol. The maximum Gasteiger partial charge on any atom is 0.119 e. The summed E-state index contributed by atoms with van der Waals surface area (Å²) >= 11 is 0. The third kappa shape index (κ3) is 4.75. The van der Waals surface area contributed by atoms with Gasteiger partial charge in [0.25, 0.3) is 0 Å². The van der Waals surface area contributed by atoms with Crippen molar-refractivity contribution in [2.75, 3.05) is 0 Å². The summed E-state index contributed by atoms with van der Waals surface area (Å²) in [6, 6.07) is 6.70. The number of rotatable bonds is 4. The summed E-state index contributed by atoms with van der Waals surface area (Å²) in [6.45, 7) is 3.72. The molecule has 0 saturated carbocycles. The molecule has 0 heterocycles. The zero-order valence-electron chi connectivity index (χ0n) is 9.24. The SMILES string of the molecule is C=C(/C=C/c1ccc(O)cc1)/C=C(O)\C=C\O. The third-order valence-corrected chi connectivity index (χ3v) is 1.96. The summed E-state index contributed by atoms with van der Waals surface area (Å²) in [5.41, 5.74) is 1.50. The number of aromatic hydroxyl groups is 1. The van der Waals surface area contributed by atoms with Crippen LogP contribution >= 0.6 is 0 Å². The number of benzene rings is 1. The predicted octanol–water partition coefficient (Wildman–Crippen LogP) is 3.48. The fraction of sp³-hybridized carbons (Fsp3) is 0. The van der Waals surface area contributed by atoms with E-state index >= 15 is 0 Å². The van der Waals surface area contributed by atoms with Gasteiger partial charge in [-0.25, -0.2) is 0 Å². The van der Waals surface area contributed by atoms with Crippen molar-refractivity contribution in [3.05, 3.63) is 72.2 Å². The third-order valence-electron chi connectivity index (χ3n) is 1.96. The molecule has 0 aliphatic heterocycles. The first-order valence-corrected chi connectivity index (χ1v) is 4.99. The molecule has 1 aromatic carbocycles. The Bertz CT molecular complexity index is 465. The summed E-state index contributed by atoms with van der Waals surface area (Å²) in [4.78, 5) is 0. The molecule has 3 N–H and O–H groups in total. The summed E-state index contributed by atoms with van der Waals surface area (Å²) < 4.78 is 0. The van der Waals surface area contributed by atoms with E-state index in [-0.39, 0.29) is 11.5 Å². The van der Waals surface area contributed by atoms with E-state index < -0.39 is 0 Å². The Morgan fingerprint density at radius 2 is 1.76 bits per heavy atom. The van der Waals surface area contributed by atoms with Crippen molar-refractivity contribution in [2.45, 2.75) is 0 Å². The molecule has 0 aliphatic carbocycles. The summed E-state index contributed by atoms with van der Waals surface area (Å²) in [5, 5.41) is 26.8. The summed E-state index contributed by atoms with van der Waals surface area (Å²) in [6.07, 6.45) is 6.84. The molecule has 0 spiro atoms. The molecule has 1 rings (SSSR count). The standard InChI is InChI=1S/C14H14O3/c1-11(10-14(17)8-9-15)2-3-12-4-6-13(16)7-5-12/h2-10,15-17H,1H2/b3-2+,9-8+,14-10+. The van der Waals surface area contributed by atoms with Gasteiger partial charge in [0.15, 0.2) is 0 Å². The number of hydrogen-bond donors (Lipinski definition) is 3. The first-order valence-electron chi connectivity index (χ1n) is 4.99. The fourth-order valence-electron chi connectivity index (χ4n) is 1.15. The van der Waals surface area contributed by atoms with Crippen molar-refractivity contribution in [3.8, 4) is 5.75 Å². The van der Waals surface area contributed by atoms with Crippen LogP contribution in [-0.4, -0.2) is 15.3 Å². The molecule has 0 amide bonds. The van der Waals surface area contributed by atoms with Crippen LogP contribution in [-0.2, 0) is 0 Å². The molecule has 0 fully saturated rings. The largest absolute Gasteiger partial charge is 0.515 e. The molecule has 0 radical (unpaired) electrons. The van der Waals surface area contributed by atoms with Crippen LogP contribution in [0.3, 0.4) is 0 Å². The second-order valence-corrected chi connectivity index (χ2v) is 3.38. The second kappa shape index (κ2) is 6.23. The average Bonchev–Trinajstić information content (AvgIpc) is 2.28. The number of hydrogen-bond acceptors (Lipinski definition) is 3. The van der Waals surface area contributed by atoms with Crippen molar-refractivity contribution in [2.24, 2.45) is 0 Å². The summed E-state index contributed by atoms with van der Waals surface area (Å²) in [5.74, 6) is 0.138. The molecule has 88 valence electrons. The van der Waals surface area contributed by atoms with Crippen molar-refractivity contribution in [1.29, 1.82) is 0 Å². The van der Waals surface area contributed by atoms with Gasteiger partial charge in [0.2, 0.25) is 0 Å². The Morgan fingerprint density at radius 3 is 2.35 bits per heavy atom. The van der Waals surface area contributed by atoms with Crippen LogP contribution in [0.15, 0.2) is 66.7 Å². The quantitative estimate of drug-likeness (QED) is 0.548. The van der Waals surface area contributed by atoms with Crippen LogP contribution in [0.1, 0.15) is 5.56 Å². The lowest BCUT2D eigenvalue weighted by atomic mass is 10.1. The maximum atomic E-state index is 9.24. The number of phenols is 1. The van der Waals surface area contributed by atoms with Crippen molar-refractivity contribution >= 4 is 6.08 Å². The van der Waals surface area contributed by atoms with Gasteiger partial charge in [-0.3, -0.25) is 0 Å². The Labute approximate surface area is 100.0 Å². The lowest BCUT2D eigenvalue weighted by Gasteiger charge is -1.95. The van der Waals surface area contributed by atoms with Gasteiger partial charge in [0.05, 0.1) is 6.26 Å². The highest BCUT2D eigenvalue weighted by atomic mass is 16.3. The first kappa shape index (κ1) is 12.6. The zero-order chi connectivity index (χ0) is 12.7. The maximum absolute atomic E-state index is 9.24. The van der Waals surface area contributed by atoms with Gasteiger partial charge in [0.1, 0.15) is 11.5 Å². The first-order chi connectivity index (χ1) is 8.11. The molecular formula is C14H14O3. The zero-order valence-corrected chi connectivity index (χ0v) is 9.24. The van der Waals surface area contributed by atoms with Gasteiger partial charge >= 0.3 is 0 Å². The van der Waals surface area contributed by atoms with Crippen LogP contribution in [0, 0.1) is 0 Å². The molecule has 0 aliphatic rings. The van der Waals surface area contributed by atoms with Crippen LogP contribution in [0.2, 0.25) is 0 Å². The van der Waals surface area contributed by atoms with Gasteiger partial charge in [-0.1, -0.05) is 30.9 Å². The average molecular weight is 230 g/mol. The molecule has 0 atom stereocenters. The lowest BCUT2D eigenvalue weighted by Crippen LogP contribution is -1.77. The van der Waals surface area contributed by atoms with E-state index in [0.29, 0.717) is 5.57 Å². The van der Waals surface area contributed by atoms with E-state index in [2.05, 4.69) is 6.58 Å². The van der Waals surface area contributed by atoms with Crippen molar-refractivity contribution in [1.82, 2.24) is 0 Å². The number of phenolic OH excluding ortho intramolecular Hbond substituents is 1. The van der Waals surface area contributed by atoms with Crippen LogP contribution < -0.4 is 0 Å². The van der Waals surface area contributed by atoms with Crippen LogP contribution in [0.25, 0.3) is 6.08 Å². The second-order valence-electron chi connectivity index (χ2n) is 3.38. The minimum Gasteiger partial charge on any atom is -0.515 e. The number of aliphatic hydroxyl groups excluding tert-OH is 2. The monoisotopic (exact) mass is 230 g/mol. The normalized spacial score (nSPS) is 12.4. The van der Waals surface area contributed by atoms with Gasteiger partial charge < -0.3 is 15.3 Å². The van der Waals surface area contributed by atoms with E-state index in [1.165, 1.54) is 6.08 Å². The number of allylic oxidation sites excluding steroid dienone is 4. The fourth-order valence-corrected chi connectivity index (χ4v) is 1.15. The smallest absolute Gasteiger partial charge is 0.119 e. The molecule has 17 heavy (non-hydrogen) atoms. The van der Waals surface area contributed by atoms with Crippen molar-refractivity contribution in [3.63, 3.8) is 0 Å². The van der Waals surface area contributed by atoms with Gasteiger partial charge in [-0.2, -0.15) is 0 Å². The van der Waals surface area contributed by atoms with Gasteiger partial charge in [-0.15, -0.1) is 0 Å². The highest BCUT2D eigenvalue weighted by Crippen LogP contribution is 2.12. The molecule has 3 heteroatoms. The van der Waals surface area contributed by atoms with E-state index in [4.69, 9.17) is 10.2 Å². The molecule has 0 unspecified atom stereocenters. The molecule has 1 aromatic rings. The molecule has 0 saturated heterocycles. The minimum absolute atomic E-state index is 0.0761. The topological polar surface area (TPSA) is 60.7 Å². The Kier molecular flexibility index (Phi) is 4.63. The van der Waals surface area contributed by atoms with E-state index in [9.17, 15) is 5.11 Å². The van der Waals surface area contributed by atoms with E-state index in [0.717, 1.165) is 17.9 Å². The van der Waals surface area contributed by atoms with Gasteiger partial charge in [0, 0.05) is 6.08 Å². The molecule has 0 aromatic heterocycles. The highest BCUT2D eigenvalue weighted by Gasteiger charge is 1.90. The van der Waals surface area contributed by atoms with Crippen LogP contribution in [0.5, 0.6) is 5.75 Å². The molecular weight excluding hydrogens is 216 g/mol. The summed E-state index contributed by atoms with van der Waals surface area (Å²) in [7, 11) is 0. The Balaban J connectivity index is 2.68. The Hall–Kier alpha value is -2.42. The highest BCUT2D eigenvalue weighted by molar-refractivity contribution is 5.55.